The lowest BCUT2D eigenvalue weighted by molar-refractivity contribution is -0.130. The quantitative estimate of drug-likeness (QED) is 0.542. The Morgan fingerprint density at radius 2 is 1.90 bits per heavy atom. The summed E-state index contributed by atoms with van der Waals surface area (Å²) >= 11 is 7.53. The predicted octanol–water partition coefficient (Wildman–Crippen LogP) is 3.72. The molecular formula is C22H23ClN4O3S. The number of amides is 1. The monoisotopic (exact) mass is 458 g/mol. The highest BCUT2D eigenvalue weighted by Gasteiger charge is 2.26. The van der Waals surface area contributed by atoms with Crippen molar-refractivity contribution in [1.29, 1.82) is 0 Å². The first-order chi connectivity index (χ1) is 15.0. The first kappa shape index (κ1) is 21.5. The number of thiophene rings is 1. The Kier molecular flexibility index (Phi) is 6.38. The lowest BCUT2D eigenvalue weighted by atomic mass is 10.1. The van der Waals surface area contributed by atoms with Crippen molar-refractivity contribution in [3.8, 4) is 0 Å². The third-order valence-corrected chi connectivity index (χ3v) is 6.95. The van der Waals surface area contributed by atoms with Crippen LogP contribution in [0.25, 0.3) is 10.2 Å². The van der Waals surface area contributed by atoms with Gasteiger partial charge in [0.25, 0.3) is 0 Å². The van der Waals surface area contributed by atoms with Gasteiger partial charge in [-0.15, -0.1) is 11.3 Å². The highest BCUT2D eigenvalue weighted by Crippen LogP contribution is 2.35. The summed E-state index contributed by atoms with van der Waals surface area (Å²) in [5.41, 5.74) is 1.68. The maximum absolute atomic E-state index is 12.7. The maximum Gasteiger partial charge on any atom is 0.348 e. The summed E-state index contributed by atoms with van der Waals surface area (Å²) in [6.07, 6.45) is 1.82. The Morgan fingerprint density at radius 1 is 1.16 bits per heavy atom. The molecule has 1 fully saturated rings. The molecule has 9 heteroatoms. The van der Waals surface area contributed by atoms with E-state index in [9.17, 15) is 9.59 Å². The number of ether oxygens (including phenoxy) is 1. The largest absolute Gasteiger partial charge is 0.462 e. The molecule has 3 heterocycles. The number of carbonyl (C=O) groups excluding carboxylic acids is 2. The Hall–Kier alpha value is -2.71. The highest BCUT2D eigenvalue weighted by atomic mass is 35.5. The third kappa shape index (κ3) is 4.36. The van der Waals surface area contributed by atoms with Gasteiger partial charge >= 0.3 is 5.97 Å². The number of hydrogen-bond donors (Lipinski definition) is 0. The number of aromatic nitrogens is 2. The molecule has 0 saturated carbocycles. The van der Waals surface area contributed by atoms with Gasteiger partial charge in [-0.3, -0.25) is 4.79 Å². The van der Waals surface area contributed by atoms with Crippen LogP contribution >= 0.6 is 22.9 Å². The van der Waals surface area contributed by atoms with Crippen molar-refractivity contribution in [1.82, 2.24) is 14.9 Å². The van der Waals surface area contributed by atoms with Crippen LogP contribution in [0.3, 0.4) is 0 Å². The van der Waals surface area contributed by atoms with E-state index in [1.807, 2.05) is 30.0 Å². The second-order valence-electron chi connectivity index (χ2n) is 7.29. The number of benzene rings is 1. The third-order valence-electron chi connectivity index (χ3n) is 5.40. The van der Waals surface area contributed by atoms with E-state index >= 15 is 0 Å². The van der Waals surface area contributed by atoms with Gasteiger partial charge in [-0.25, -0.2) is 14.8 Å². The number of anilines is 1. The number of nitrogens with zero attached hydrogens (tertiary/aromatic N) is 4. The molecule has 4 rings (SSSR count). The van der Waals surface area contributed by atoms with E-state index in [0.29, 0.717) is 49.1 Å². The number of aryl methyl sites for hydroxylation is 1. The van der Waals surface area contributed by atoms with Gasteiger partial charge in [-0.2, -0.15) is 0 Å². The zero-order valence-electron chi connectivity index (χ0n) is 17.4. The standard InChI is InChI=1S/C22H23ClN4O3S/c1-3-30-22(29)19-14(2)18-20(24-13-25-21(18)31-19)27-10-8-26(9-11-27)17(28)12-15-6-4-5-7-16(15)23/h4-7,13H,3,8-12H2,1-2H3. The number of hydrogen-bond acceptors (Lipinski definition) is 7. The molecule has 0 unspecified atom stereocenters. The molecule has 0 spiro atoms. The Morgan fingerprint density at radius 3 is 2.61 bits per heavy atom. The first-order valence-corrected chi connectivity index (χ1v) is 11.4. The SMILES string of the molecule is CCOC(=O)c1sc2ncnc(N3CCN(C(=O)Cc4ccccc4Cl)CC3)c2c1C. The number of piperazine rings is 1. The van der Waals surface area contributed by atoms with Crippen LogP contribution in [0.1, 0.15) is 27.7 Å². The van der Waals surface area contributed by atoms with Crippen LogP contribution < -0.4 is 4.90 Å². The van der Waals surface area contributed by atoms with E-state index in [-0.39, 0.29) is 11.9 Å². The Labute approximate surface area is 189 Å². The van der Waals surface area contributed by atoms with Gasteiger partial charge in [0.1, 0.15) is 21.9 Å². The molecule has 0 N–H and O–H groups in total. The number of rotatable bonds is 5. The molecule has 7 nitrogen and oxygen atoms in total. The number of halogens is 1. The topological polar surface area (TPSA) is 75.6 Å². The molecule has 31 heavy (non-hydrogen) atoms. The Bertz CT molecular complexity index is 1130. The van der Waals surface area contributed by atoms with E-state index in [2.05, 4.69) is 14.9 Å². The molecule has 0 aliphatic carbocycles. The minimum Gasteiger partial charge on any atom is -0.462 e. The fourth-order valence-electron chi connectivity index (χ4n) is 3.77. The van der Waals surface area contributed by atoms with Gasteiger partial charge in [-0.1, -0.05) is 29.8 Å². The molecule has 0 bridgehead atoms. The molecule has 0 radical (unpaired) electrons. The number of carbonyl (C=O) groups is 2. The normalized spacial score (nSPS) is 14.2. The van der Waals surface area contributed by atoms with Crippen molar-refractivity contribution in [2.75, 3.05) is 37.7 Å². The molecule has 1 aromatic carbocycles. The number of esters is 1. The van der Waals surface area contributed by atoms with Crippen molar-refractivity contribution in [3.63, 3.8) is 0 Å². The van der Waals surface area contributed by atoms with Crippen molar-refractivity contribution in [2.24, 2.45) is 0 Å². The molecule has 162 valence electrons. The Balaban J connectivity index is 1.49. The summed E-state index contributed by atoms with van der Waals surface area (Å²) in [6, 6.07) is 7.43. The smallest absolute Gasteiger partial charge is 0.348 e. The second-order valence-corrected chi connectivity index (χ2v) is 8.70. The van der Waals surface area contributed by atoms with E-state index in [1.54, 1.807) is 13.0 Å². The average Bonchev–Trinajstić information content (AvgIpc) is 3.12. The van der Waals surface area contributed by atoms with Crippen LogP contribution in [-0.4, -0.2) is 59.5 Å². The van der Waals surface area contributed by atoms with E-state index in [4.69, 9.17) is 16.3 Å². The second kappa shape index (κ2) is 9.20. The van der Waals surface area contributed by atoms with Crippen molar-refractivity contribution < 1.29 is 14.3 Å². The zero-order valence-corrected chi connectivity index (χ0v) is 19.0. The van der Waals surface area contributed by atoms with Gasteiger partial charge < -0.3 is 14.5 Å². The van der Waals surface area contributed by atoms with Gasteiger partial charge in [0.05, 0.1) is 18.4 Å². The van der Waals surface area contributed by atoms with Crippen LogP contribution in [-0.2, 0) is 16.0 Å². The van der Waals surface area contributed by atoms with Gasteiger partial charge in [-0.05, 0) is 31.0 Å². The summed E-state index contributed by atoms with van der Waals surface area (Å²) in [4.78, 5) is 39.2. The predicted molar refractivity (Wildman–Crippen MR) is 122 cm³/mol. The summed E-state index contributed by atoms with van der Waals surface area (Å²) in [6.45, 7) is 6.54. The minimum absolute atomic E-state index is 0.0666. The zero-order chi connectivity index (χ0) is 22.0. The lowest BCUT2D eigenvalue weighted by Gasteiger charge is -2.35. The van der Waals surface area contributed by atoms with Crippen LogP contribution in [0.5, 0.6) is 0 Å². The summed E-state index contributed by atoms with van der Waals surface area (Å²) in [7, 11) is 0. The molecule has 2 aromatic heterocycles. The molecule has 3 aromatic rings. The molecule has 1 aliphatic heterocycles. The minimum atomic E-state index is -0.330. The summed E-state index contributed by atoms with van der Waals surface area (Å²) in [5.74, 6) is 0.535. The molecule has 1 aliphatic rings. The maximum atomic E-state index is 12.7. The van der Waals surface area contributed by atoms with Crippen molar-refractivity contribution >= 4 is 50.8 Å². The van der Waals surface area contributed by atoms with Crippen LogP contribution in [0.4, 0.5) is 5.82 Å². The molecule has 0 atom stereocenters. The van der Waals surface area contributed by atoms with Crippen molar-refractivity contribution in [2.45, 2.75) is 20.3 Å². The fraction of sp³-hybridized carbons (Fsp3) is 0.364. The molecule has 1 saturated heterocycles. The van der Waals surface area contributed by atoms with Gasteiger partial charge in [0.2, 0.25) is 5.91 Å². The highest BCUT2D eigenvalue weighted by molar-refractivity contribution is 7.20. The molecular weight excluding hydrogens is 436 g/mol. The average molecular weight is 459 g/mol. The summed E-state index contributed by atoms with van der Waals surface area (Å²) < 4.78 is 5.18. The van der Waals surface area contributed by atoms with Gasteiger partial charge in [0, 0.05) is 31.2 Å². The molecule has 1 amide bonds. The van der Waals surface area contributed by atoms with Crippen LogP contribution in [0.2, 0.25) is 5.02 Å². The van der Waals surface area contributed by atoms with E-state index in [0.717, 1.165) is 27.2 Å². The summed E-state index contributed by atoms with van der Waals surface area (Å²) in [5, 5.41) is 1.49. The fourth-order valence-corrected chi connectivity index (χ4v) is 5.01. The van der Waals surface area contributed by atoms with Crippen LogP contribution in [0.15, 0.2) is 30.6 Å². The first-order valence-electron chi connectivity index (χ1n) is 10.2. The van der Waals surface area contributed by atoms with Crippen molar-refractivity contribution in [3.05, 3.63) is 51.6 Å². The lowest BCUT2D eigenvalue weighted by Crippen LogP contribution is -2.49. The number of fused-ring (bicyclic) bond motifs is 1. The van der Waals surface area contributed by atoms with Gasteiger partial charge in [0.15, 0.2) is 0 Å². The van der Waals surface area contributed by atoms with E-state index < -0.39 is 0 Å². The van der Waals surface area contributed by atoms with E-state index in [1.165, 1.54) is 17.7 Å². The van der Waals surface area contributed by atoms with Crippen LogP contribution in [0, 0.1) is 6.92 Å².